The number of hydrogen-bond donors (Lipinski definition) is 2. The molecule has 1 saturated heterocycles. The SMILES string of the molecule is CCCCN1CC(NC=O)C(NC=O)C1. The minimum Gasteiger partial charge on any atom is -0.353 e. The Morgan fingerprint density at radius 1 is 1.20 bits per heavy atom. The van der Waals surface area contributed by atoms with E-state index < -0.39 is 0 Å². The van der Waals surface area contributed by atoms with Crippen LogP contribution in [0.25, 0.3) is 0 Å². The van der Waals surface area contributed by atoms with Crippen molar-refractivity contribution in [3.8, 4) is 0 Å². The Morgan fingerprint density at radius 2 is 1.73 bits per heavy atom. The highest BCUT2D eigenvalue weighted by Crippen LogP contribution is 2.10. The molecule has 0 aromatic rings. The molecule has 1 aliphatic rings. The first-order chi connectivity index (χ1) is 7.31. The number of hydrogen-bond acceptors (Lipinski definition) is 3. The van der Waals surface area contributed by atoms with E-state index in [4.69, 9.17) is 0 Å². The van der Waals surface area contributed by atoms with Gasteiger partial charge in [-0.3, -0.25) is 14.5 Å². The van der Waals surface area contributed by atoms with Gasteiger partial charge in [0.05, 0.1) is 12.1 Å². The smallest absolute Gasteiger partial charge is 0.207 e. The van der Waals surface area contributed by atoms with Crippen LogP contribution in [0.5, 0.6) is 0 Å². The van der Waals surface area contributed by atoms with Gasteiger partial charge in [-0.2, -0.15) is 0 Å². The summed E-state index contributed by atoms with van der Waals surface area (Å²) < 4.78 is 0. The number of nitrogens with one attached hydrogen (secondary N) is 2. The Bertz CT molecular complexity index is 193. The van der Waals surface area contributed by atoms with E-state index in [1.165, 1.54) is 0 Å². The fourth-order valence-corrected chi connectivity index (χ4v) is 1.96. The zero-order chi connectivity index (χ0) is 11.1. The Labute approximate surface area is 90.2 Å². The molecule has 2 amide bonds. The second-order valence-electron chi connectivity index (χ2n) is 3.90. The number of amides is 2. The van der Waals surface area contributed by atoms with Crippen LogP contribution in [-0.2, 0) is 9.59 Å². The van der Waals surface area contributed by atoms with E-state index in [0.29, 0.717) is 12.8 Å². The lowest BCUT2D eigenvalue weighted by Crippen LogP contribution is -2.46. The van der Waals surface area contributed by atoms with Crippen molar-refractivity contribution in [2.45, 2.75) is 31.8 Å². The molecule has 2 unspecified atom stereocenters. The van der Waals surface area contributed by atoms with Crippen LogP contribution in [0.1, 0.15) is 19.8 Å². The fourth-order valence-electron chi connectivity index (χ4n) is 1.96. The summed E-state index contributed by atoms with van der Waals surface area (Å²) in [7, 11) is 0. The van der Waals surface area contributed by atoms with Crippen LogP contribution in [0, 0.1) is 0 Å². The second-order valence-corrected chi connectivity index (χ2v) is 3.90. The molecule has 0 saturated carbocycles. The molecule has 2 atom stereocenters. The number of likely N-dealkylation sites (tertiary alicyclic amines) is 1. The summed E-state index contributed by atoms with van der Waals surface area (Å²) in [5.41, 5.74) is 0. The van der Waals surface area contributed by atoms with E-state index in [-0.39, 0.29) is 12.1 Å². The molecule has 0 aromatic heterocycles. The van der Waals surface area contributed by atoms with Crippen LogP contribution in [0.15, 0.2) is 0 Å². The summed E-state index contributed by atoms with van der Waals surface area (Å²) in [4.78, 5) is 23.0. The van der Waals surface area contributed by atoms with Gasteiger partial charge in [-0.25, -0.2) is 0 Å². The average Bonchev–Trinajstić information content (AvgIpc) is 2.59. The topological polar surface area (TPSA) is 61.4 Å². The molecule has 0 aromatic carbocycles. The van der Waals surface area contributed by atoms with Gasteiger partial charge in [0.2, 0.25) is 12.8 Å². The van der Waals surface area contributed by atoms with Gasteiger partial charge in [-0.15, -0.1) is 0 Å². The molecular weight excluding hydrogens is 194 g/mol. The lowest BCUT2D eigenvalue weighted by atomic mass is 10.2. The Kier molecular flexibility index (Phi) is 5.10. The van der Waals surface area contributed by atoms with Crippen molar-refractivity contribution in [3.05, 3.63) is 0 Å². The predicted octanol–water partition coefficient (Wildman–Crippen LogP) is -0.669. The highest BCUT2D eigenvalue weighted by atomic mass is 16.1. The van der Waals surface area contributed by atoms with Gasteiger partial charge in [0.1, 0.15) is 0 Å². The van der Waals surface area contributed by atoms with E-state index in [1.807, 2.05) is 0 Å². The maximum Gasteiger partial charge on any atom is 0.207 e. The number of nitrogens with zero attached hydrogens (tertiary/aromatic N) is 1. The molecule has 0 spiro atoms. The van der Waals surface area contributed by atoms with E-state index >= 15 is 0 Å². The second kappa shape index (κ2) is 6.40. The lowest BCUT2D eigenvalue weighted by molar-refractivity contribution is -0.112. The van der Waals surface area contributed by atoms with E-state index in [9.17, 15) is 9.59 Å². The molecule has 0 radical (unpaired) electrons. The largest absolute Gasteiger partial charge is 0.353 e. The van der Waals surface area contributed by atoms with Gasteiger partial charge in [0.25, 0.3) is 0 Å². The van der Waals surface area contributed by atoms with Crippen molar-refractivity contribution < 1.29 is 9.59 Å². The zero-order valence-electron chi connectivity index (χ0n) is 9.11. The van der Waals surface area contributed by atoms with Gasteiger partial charge < -0.3 is 10.6 Å². The normalized spacial score (nSPS) is 26.2. The van der Waals surface area contributed by atoms with Gasteiger partial charge >= 0.3 is 0 Å². The third-order valence-electron chi connectivity index (χ3n) is 2.79. The van der Waals surface area contributed by atoms with Crippen LogP contribution in [0.4, 0.5) is 0 Å². The van der Waals surface area contributed by atoms with Crippen LogP contribution in [0.3, 0.4) is 0 Å². The highest BCUT2D eigenvalue weighted by Gasteiger charge is 2.31. The van der Waals surface area contributed by atoms with E-state index in [0.717, 1.165) is 32.5 Å². The van der Waals surface area contributed by atoms with E-state index in [2.05, 4.69) is 22.5 Å². The first-order valence-electron chi connectivity index (χ1n) is 5.43. The molecule has 1 rings (SSSR count). The Morgan fingerprint density at radius 3 is 2.13 bits per heavy atom. The number of rotatable bonds is 7. The highest BCUT2D eigenvalue weighted by molar-refractivity contribution is 5.50. The summed E-state index contributed by atoms with van der Waals surface area (Å²) in [6.45, 7) is 4.83. The molecule has 1 aliphatic heterocycles. The summed E-state index contributed by atoms with van der Waals surface area (Å²) in [5.74, 6) is 0. The summed E-state index contributed by atoms with van der Waals surface area (Å²) in [5, 5.41) is 5.48. The summed E-state index contributed by atoms with van der Waals surface area (Å²) >= 11 is 0. The molecule has 2 N–H and O–H groups in total. The third-order valence-corrected chi connectivity index (χ3v) is 2.79. The first kappa shape index (κ1) is 12.0. The monoisotopic (exact) mass is 213 g/mol. The van der Waals surface area contributed by atoms with Crippen LogP contribution < -0.4 is 10.6 Å². The van der Waals surface area contributed by atoms with Gasteiger partial charge in [0, 0.05) is 13.1 Å². The first-order valence-corrected chi connectivity index (χ1v) is 5.43. The van der Waals surface area contributed by atoms with Crippen molar-refractivity contribution >= 4 is 12.8 Å². The van der Waals surface area contributed by atoms with Gasteiger partial charge in [-0.1, -0.05) is 13.3 Å². The molecule has 5 heteroatoms. The molecular formula is C10H19N3O2. The third kappa shape index (κ3) is 3.51. The van der Waals surface area contributed by atoms with Crippen LogP contribution in [0.2, 0.25) is 0 Å². The maximum absolute atomic E-state index is 10.4. The minimum atomic E-state index is 0.0459. The van der Waals surface area contributed by atoms with Gasteiger partial charge in [-0.05, 0) is 13.0 Å². The molecule has 0 bridgehead atoms. The van der Waals surface area contributed by atoms with Gasteiger partial charge in [0.15, 0.2) is 0 Å². The van der Waals surface area contributed by atoms with Crippen molar-refractivity contribution in [2.24, 2.45) is 0 Å². The molecule has 5 nitrogen and oxygen atoms in total. The van der Waals surface area contributed by atoms with Crippen LogP contribution >= 0.6 is 0 Å². The molecule has 86 valence electrons. The maximum atomic E-state index is 10.4. The van der Waals surface area contributed by atoms with Crippen LogP contribution in [-0.4, -0.2) is 49.4 Å². The number of carbonyl (C=O) groups is 2. The van der Waals surface area contributed by atoms with Crippen molar-refractivity contribution in [2.75, 3.05) is 19.6 Å². The summed E-state index contributed by atoms with van der Waals surface area (Å²) in [6, 6.07) is 0.0918. The number of carbonyl (C=O) groups excluding carboxylic acids is 2. The van der Waals surface area contributed by atoms with Crippen molar-refractivity contribution in [1.82, 2.24) is 15.5 Å². The molecule has 15 heavy (non-hydrogen) atoms. The van der Waals surface area contributed by atoms with E-state index in [1.54, 1.807) is 0 Å². The summed E-state index contributed by atoms with van der Waals surface area (Å²) in [6.07, 6.45) is 3.72. The lowest BCUT2D eigenvalue weighted by Gasteiger charge is -2.15. The quantitative estimate of drug-likeness (QED) is 0.551. The van der Waals surface area contributed by atoms with Crippen molar-refractivity contribution in [1.29, 1.82) is 0 Å². The Balaban J connectivity index is 2.40. The average molecular weight is 213 g/mol. The van der Waals surface area contributed by atoms with Crippen molar-refractivity contribution in [3.63, 3.8) is 0 Å². The molecule has 1 fully saturated rings. The fraction of sp³-hybridized carbons (Fsp3) is 0.800. The Hall–Kier alpha value is -1.10. The standard InChI is InChI=1S/C10H19N3O2/c1-2-3-4-13-5-9(11-7-14)10(6-13)12-8-15/h7-10H,2-6H2,1H3,(H,11,14)(H,12,15). The molecule has 1 heterocycles. The molecule has 0 aliphatic carbocycles. The predicted molar refractivity (Wildman–Crippen MR) is 57.3 cm³/mol. The minimum absolute atomic E-state index is 0.0459. The zero-order valence-corrected chi connectivity index (χ0v) is 9.11. The number of unbranched alkanes of at least 4 members (excludes halogenated alkanes) is 1.